The zero-order valence-corrected chi connectivity index (χ0v) is 30.8. The van der Waals surface area contributed by atoms with Crippen LogP contribution in [0.25, 0.3) is 0 Å². The van der Waals surface area contributed by atoms with E-state index in [0.717, 1.165) is 9.91 Å². The maximum atomic E-state index is 15.4. The molecule has 6 atom stereocenters. The summed E-state index contributed by atoms with van der Waals surface area (Å²) in [6.45, 7) is 0. The van der Waals surface area contributed by atoms with Gasteiger partial charge in [0.2, 0.25) is 11.8 Å². The number of ether oxygens (including phenoxy) is 2. The molecule has 55 heavy (non-hydrogen) atoms. The van der Waals surface area contributed by atoms with Crippen LogP contribution in [0.2, 0.25) is 10.0 Å². The van der Waals surface area contributed by atoms with Gasteiger partial charge in [-0.25, -0.2) is 4.90 Å². The number of nitrogens with zero attached hydrogens (tertiary/aromatic N) is 3. The molecule has 0 radical (unpaired) electrons. The first kappa shape index (κ1) is 36.1. The summed E-state index contributed by atoms with van der Waals surface area (Å²) in [5.41, 5.74) is 3.04. The summed E-state index contributed by atoms with van der Waals surface area (Å²) in [6, 6.07) is 21.5. The summed E-state index contributed by atoms with van der Waals surface area (Å²) in [6.07, 6.45) is 2.01. The number of carbonyl (C=O) groups is 4. The number of methoxy groups -OCH3 is 2. The van der Waals surface area contributed by atoms with Crippen LogP contribution in [0.15, 0.2) is 96.6 Å². The van der Waals surface area contributed by atoms with Crippen molar-refractivity contribution in [3.63, 3.8) is 0 Å². The normalized spacial score (nSPS) is 25.6. The fourth-order valence-electron chi connectivity index (χ4n) is 9.09. The van der Waals surface area contributed by atoms with Crippen molar-refractivity contribution in [3.05, 3.63) is 128 Å². The smallest absolute Gasteiger partial charge is 0.271 e. The number of non-ortho nitro benzene ring substituents is 1. The Bertz CT molecular complexity index is 2350. The second kappa shape index (κ2) is 13.4. The molecule has 280 valence electrons. The average molecular weight is 784 g/mol. The lowest BCUT2D eigenvalue weighted by Gasteiger charge is -2.50. The molecule has 15 heteroatoms. The molecular weight excluding hydrogens is 751 g/mol. The van der Waals surface area contributed by atoms with E-state index in [1.807, 2.05) is 6.08 Å². The van der Waals surface area contributed by atoms with E-state index >= 15 is 4.79 Å². The zero-order valence-electron chi connectivity index (χ0n) is 29.3. The Balaban J connectivity index is 1.33. The van der Waals surface area contributed by atoms with Gasteiger partial charge in [-0.1, -0.05) is 59.1 Å². The van der Waals surface area contributed by atoms with Crippen molar-refractivity contribution < 1.29 is 38.7 Å². The third-order valence-corrected chi connectivity index (χ3v) is 12.0. The molecule has 0 unspecified atom stereocenters. The van der Waals surface area contributed by atoms with Crippen molar-refractivity contribution in [3.8, 4) is 17.2 Å². The number of benzene rings is 4. The van der Waals surface area contributed by atoms with Crippen LogP contribution in [-0.4, -0.2) is 52.9 Å². The predicted octanol–water partition coefficient (Wildman–Crippen LogP) is 6.81. The van der Waals surface area contributed by atoms with E-state index in [1.54, 1.807) is 48.5 Å². The zero-order chi connectivity index (χ0) is 38.9. The Hall–Kier alpha value is -5.92. The highest BCUT2D eigenvalue weighted by Crippen LogP contribution is 2.64. The molecule has 2 N–H and O–H groups in total. The van der Waals surface area contributed by atoms with Gasteiger partial charge >= 0.3 is 0 Å². The minimum atomic E-state index is -1.63. The highest BCUT2D eigenvalue weighted by molar-refractivity contribution is 6.36. The lowest BCUT2D eigenvalue weighted by Crippen LogP contribution is -2.53. The lowest BCUT2D eigenvalue weighted by atomic mass is 9.49. The van der Waals surface area contributed by atoms with Gasteiger partial charge in [0.05, 0.1) is 58.7 Å². The second-order valence-corrected chi connectivity index (χ2v) is 14.8. The maximum absolute atomic E-state index is 15.4. The number of amides is 4. The van der Waals surface area contributed by atoms with E-state index in [0.29, 0.717) is 27.5 Å². The molecule has 2 saturated heterocycles. The van der Waals surface area contributed by atoms with E-state index in [9.17, 15) is 29.6 Å². The summed E-state index contributed by atoms with van der Waals surface area (Å²) in [4.78, 5) is 71.0. The number of carbonyl (C=O) groups excluding carboxylic acids is 4. The van der Waals surface area contributed by atoms with Crippen LogP contribution in [0.4, 0.5) is 17.1 Å². The number of nitro groups is 1. The van der Waals surface area contributed by atoms with Gasteiger partial charge in [-0.3, -0.25) is 34.7 Å². The maximum Gasteiger partial charge on any atom is 0.271 e. The van der Waals surface area contributed by atoms with Crippen molar-refractivity contribution in [1.29, 1.82) is 0 Å². The summed E-state index contributed by atoms with van der Waals surface area (Å²) in [5.74, 6) is -6.23. The summed E-state index contributed by atoms with van der Waals surface area (Å²) in [7, 11) is 2.91. The van der Waals surface area contributed by atoms with E-state index in [1.165, 1.54) is 50.6 Å². The van der Waals surface area contributed by atoms with Crippen LogP contribution >= 0.6 is 23.2 Å². The van der Waals surface area contributed by atoms with Crippen molar-refractivity contribution in [2.24, 2.45) is 23.7 Å². The summed E-state index contributed by atoms with van der Waals surface area (Å²) in [5, 5.41) is 23.8. The number of nitro benzene ring substituents is 1. The number of aromatic hydroxyl groups is 1. The second-order valence-electron chi connectivity index (χ2n) is 13.9. The first-order valence-electron chi connectivity index (χ1n) is 17.3. The Labute approximate surface area is 324 Å². The quantitative estimate of drug-likeness (QED) is 0.0838. The topological polar surface area (TPSA) is 169 Å². The van der Waals surface area contributed by atoms with E-state index in [4.69, 9.17) is 32.7 Å². The van der Waals surface area contributed by atoms with Crippen LogP contribution in [0.3, 0.4) is 0 Å². The Morgan fingerprint density at radius 2 is 1.65 bits per heavy atom. The molecule has 0 spiro atoms. The molecule has 4 aliphatic rings. The lowest BCUT2D eigenvalue weighted by molar-refractivity contribution is -0.384. The molecule has 2 heterocycles. The molecule has 3 fully saturated rings. The SMILES string of the molecule is COc1ccc([C@@]23C(=O)N(Nc4ccc(Cl)cc4Cl)C(=O)[C@@H]2C[C@@H]2C(=CC[C@@H]4C(=O)N(c5cccc([N+](=O)[O-])c5)C(=O)[C@@H]42)[C@@H]3c2ccc(O)c(OC)c2)cc1. The van der Waals surface area contributed by atoms with E-state index in [-0.39, 0.29) is 46.4 Å². The first-order chi connectivity index (χ1) is 26.4. The van der Waals surface area contributed by atoms with E-state index < -0.39 is 63.6 Å². The largest absolute Gasteiger partial charge is 0.504 e. The van der Waals surface area contributed by atoms with Crippen LogP contribution < -0.4 is 19.8 Å². The molecule has 4 aromatic carbocycles. The van der Waals surface area contributed by atoms with Gasteiger partial charge in [0.15, 0.2) is 11.5 Å². The molecule has 4 aromatic rings. The Morgan fingerprint density at radius 3 is 2.35 bits per heavy atom. The summed E-state index contributed by atoms with van der Waals surface area (Å²) >= 11 is 12.7. The number of allylic oxidation sites excluding steroid dienone is 2. The molecule has 8 rings (SSSR count). The van der Waals surface area contributed by atoms with Crippen molar-refractivity contribution in [2.45, 2.75) is 24.2 Å². The van der Waals surface area contributed by atoms with Crippen molar-refractivity contribution in [2.75, 3.05) is 24.5 Å². The molecule has 1 saturated carbocycles. The van der Waals surface area contributed by atoms with Gasteiger partial charge in [0.25, 0.3) is 17.5 Å². The number of nitrogens with one attached hydrogen (secondary N) is 1. The van der Waals surface area contributed by atoms with Gasteiger partial charge in [0, 0.05) is 23.1 Å². The third kappa shape index (κ3) is 5.43. The molecular formula is C40H32Cl2N4O9. The number of hydrogen-bond acceptors (Lipinski definition) is 10. The monoisotopic (exact) mass is 782 g/mol. The number of rotatable bonds is 8. The van der Waals surface area contributed by atoms with Crippen molar-refractivity contribution >= 4 is 63.9 Å². The van der Waals surface area contributed by atoms with Gasteiger partial charge in [0.1, 0.15) is 5.75 Å². The van der Waals surface area contributed by atoms with Gasteiger partial charge in [-0.2, -0.15) is 5.01 Å². The number of phenolic OH excluding ortho intramolecular Hbond substituents is 1. The number of hydrogen-bond donors (Lipinski definition) is 2. The van der Waals surface area contributed by atoms with Crippen LogP contribution in [0.5, 0.6) is 17.2 Å². The van der Waals surface area contributed by atoms with Gasteiger partial charge in [-0.05, 0) is 78.4 Å². The van der Waals surface area contributed by atoms with Crippen LogP contribution in [-0.2, 0) is 24.6 Å². The number of halogens is 2. The molecule has 0 aromatic heterocycles. The number of hydrazine groups is 1. The standard InChI is InChI=1S/C40H32Cl2N4O9/c1-54-25-10-7-21(8-11-25)40-29(37(49)45(39(40)51)43-31-14-9-22(41)17-30(31)42)19-28-26(35(40)20-6-15-32(47)33(16-20)55-2)12-13-27-34(28)38(50)44(36(27)48)23-4-3-5-24(18-23)46(52)53/h3-12,14-18,27-29,34-35,43,47H,13,19H2,1-2H3/t27-,28+,29-,34-,35-,40+/m0/s1. The fraction of sp³-hybridized carbons (Fsp3) is 0.250. The first-order valence-corrected chi connectivity index (χ1v) is 18.1. The van der Waals surface area contributed by atoms with Gasteiger partial charge in [-0.15, -0.1) is 0 Å². The fourth-order valence-corrected chi connectivity index (χ4v) is 9.54. The Morgan fingerprint density at radius 1 is 0.891 bits per heavy atom. The third-order valence-electron chi connectivity index (χ3n) is 11.4. The molecule has 0 bridgehead atoms. The van der Waals surface area contributed by atoms with Gasteiger partial charge < -0.3 is 14.6 Å². The minimum absolute atomic E-state index is 0.00362. The molecule has 2 aliphatic carbocycles. The summed E-state index contributed by atoms with van der Waals surface area (Å²) < 4.78 is 11.0. The highest BCUT2D eigenvalue weighted by Gasteiger charge is 2.70. The molecule has 13 nitrogen and oxygen atoms in total. The van der Waals surface area contributed by atoms with Crippen LogP contribution in [0.1, 0.15) is 29.9 Å². The number of imide groups is 2. The number of phenols is 1. The predicted molar refractivity (Wildman–Crippen MR) is 201 cm³/mol. The molecule has 2 aliphatic heterocycles. The minimum Gasteiger partial charge on any atom is -0.504 e. The molecule has 4 amide bonds. The number of anilines is 2. The van der Waals surface area contributed by atoms with Crippen LogP contribution in [0, 0.1) is 33.8 Å². The van der Waals surface area contributed by atoms with E-state index in [2.05, 4.69) is 5.43 Å². The Kier molecular flexibility index (Phi) is 8.81. The number of fused-ring (bicyclic) bond motifs is 4. The highest BCUT2D eigenvalue weighted by atomic mass is 35.5. The average Bonchev–Trinajstić information content (AvgIpc) is 3.56. The van der Waals surface area contributed by atoms with Crippen molar-refractivity contribution in [1.82, 2.24) is 5.01 Å².